The molecule has 0 bridgehead atoms. The van der Waals surface area contributed by atoms with Gasteiger partial charge in [0.05, 0.1) is 12.7 Å². The van der Waals surface area contributed by atoms with Crippen molar-refractivity contribution in [3.05, 3.63) is 95.8 Å². The summed E-state index contributed by atoms with van der Waals surface area (Å²) in [6, 6.07) is 19.8. The number of aromatic nitrogens is 2. The first kappa shape index (κ1) is 20.1. The van der Waals surface area contributed by atoms with Gasteiger partial charge in [-0.25, -0.2) is 4.79 Å². The van der Waals surface area contributed by atoms with Gasteiger partial charge in [0.25, 0.3) is 5.91 Å². The van der Waals surface area contributed by atoms with E-state index in [2.05, 4.69) is 10.4 Å². The third-order valence-corrected chi connectivity index (χ3v) is 4.18. The smallest absolute Gasteiger partial charge is 0.331 e. The normalized spacial score (nSPS) is 10.8. The van der Waals surface area contributed by atoms with Crippen molar-refractivity contribution in [3.63, 3.8) is 0 Å². The standard InChI is InChI=1S/C23H23N3O3/c27-22(24-14-13-19-7-3-1-4-8-19)18-29-23(28)12-11-21-15-25-26(17-21)16-20-9-5-2-6-10-20/h1-12,15,17H,13-14,16,18H2,(H,24,27)/b12-11+. The highest BCUT2D eigenvalue weighted by Crippen LogP contribution is 2.05. The second kappa shape index (κ2) is 10.6. The van der Waals surface area contributed by atoms with Gasteiger partial charge in [-0.15, -0.1) is 0 Å². The van der Waals surface area contributed by atoms with Crippen LogP contribution in [0.1, 0.15) is 16.7 Å². The zero-order valence-corrected chi connectivity index (χ0v) is 16.0. The highest BCUT2D eigenvalue weighted by molar-refractivity contribution is 5.89. The molecule has 0 aliphatic rings. The number of benzene rings is 2. The minimum Gasteiger partial charge on any atom is -0.452 e. The number of nitrogens with one attached hydrogen (secondary N) is 1. The number of carbonyl (C=O) groups is 2. The van der Waals surface area contributed by atoms with Crippen molar-refractivity contribution in [1.82, 2.24) is 15.1 Å². The van der Waals surface area contributed by atoms with Crippen LogP contribution in [0.2, 0.25) is 0 Å². The molecule has 2 aromatic carbocycles. The van der Waals surface area contributed by atoms with Crippen LogP contribution in [0.4, 0.5) is 0 Å². The van der Waals surface area contributed by atoms with Gasteiger partial charge in [0.2, 0.25) is 0 Å². The molecule has 3 aromatic rings. The number of nitrogens with zero attached hydrogens (tertiary/aromatic N) is 2. The fourth-order valence-corrected chi connectivity index (χ4v) is 2.71. The molecule has 0 radical (unpaired) electrons. The molecule has 29 heavy (non-hydrogen) atoms. The number of amides is 1. The summed E-state index contributed by atoms with van der Waals surface area (Å²) in [5.41, 5.74) is 3.06. The van der Waals surface area contributed by atoms with E-state index in [0.717, 1.165) is 23.1 Å². The zero-order chi connectivity index (χ0) is 20.3. The molecule has 0 atom stereocenters. The number of esters is 1. The summed E-state index contributed by atoms with van der Waals surface area (Å²) >= 11 is 0. The van der Waals surface area contributed by atoms with Crippen molar-refractivity contribution in [2.45, 2.75) is 13.0 Å². The number of ether oxygens (including phenoxy) is 1. The van der Waals surface area contributed by atoms with Gasteiger partial charge in [0.1, 0.15) is 0 Å². The van der Waals surface area contributed by atoms with Crippen LogP contribution in [0.5, 0.6) is 0 Å². The van der Waals surface area contributed by atoms with Crippen LogP contribution in [0.25, 0.3) is 6.08 Å². The van der Waals surface area contributed by atoms with Gasteiger partial charge < -0.3 is 10.1 Å². The van der Waals surface area contributed by atoms with Gasteiger partial charge in [0, 0.05) is 24.4 Å². The molecule has 0 aliphatic carbocycles. The molecule has 0 unspecified atom stereocenters. The minimum absolute atomic E-state index is 0.300. The summed E-state index contributed by atoms with van der Waals surface area (Å²) in [5, 5.41) is 7.00. The van der Waals surface area contributed by atoms with Crippen molar-refractivity contribution in [1.29, 1.82) is 0 Å². The Morgan fingerprint density at radius 3 is 2.41 bits per heavy atom. The minimum atomic E-state index is -0.570. The predicted octanol–water partition coefficient (Wildman–Crippen LogP) is 2.85. The Labute approximate surface area is 169 Å². The molecular weight excluding hydrogens is 366 g/mol. The fraction of sp³-hybridized carbons (Fsp3) is 0.174. The maximum Gasteiger partial charge on any atom is 0.331 e. The number of rotatable bonds is 9. The largest absolute Gasteiger partial charge is 0.452 e. The van der Waals surface area contributed by atoms with Crippen molar-refractivity contribution >= 4 is 18.0 Å². The lowest BCUT2D eigenvalue weighted by atomic mass is 10.1. The molecule has 0 aliphatic heterocycles. The maximum atomic E-state index is 11.8. The molecular formula is C23H23N3O3. The third kappa shape index (κ3) is 7.10. The topological polar surface area (TPSA) is 73.2 Å². The van der Waals surface area contributed by atoms with E-state index in [-0.39, 0.29) is 12.5 Å². The van der Waals surface area contributed by atoms with Crippen LogP contribution in [-0.4, -0.2) is 34.8 Å². The first-order chi connectivity index (χ1) is 14.2. The number of hydrogen-bond acceptors (Lipinski definition) is 4. The quantitative estimate of drug-likeness (QED) is 0.451. The second-order valence-corrected chi connectivity index (χ2v) is 6.48. The highest BCUT2D eigenvalue weighted by atomic mass is 16.5. The second-order valence-electron chi connectivity index (χ2n) is 6.48. The van der Waals surface area contributed by atoms with Crippen molar-refractivity contribution in [3.8, 4) is 0 Å². The molecule has 6 nitrogen and oxygen atoms in total. The molecule has 0 spiro atoms. The SMILES string of the molecule is O=C(COC(=O)/C=C/c1cnn(Cc2ccccc2)c1)NCCc1ccccc1. The summed E-state index contributed by atoms with van der Waals surface area (Å²) in [6.07, 6.45) is 7.15. The Hall–Kier alpha value is -3.67. The van der Waals surface area contributed by atoms with Crippen LogP contribution in [-0.2, 0) is 27.3 Å². The van der Waals surface area contributed by atoms with E-state index in [1.807, 2.05) is 66.9 Å². The lowest BCUT2D eigenvalue weighted by Gasteiger charge is -2.05. The van der Waals surface area contributed by atoms with Gasteiger partial charge in [-0.2, -0.15) is 5.10 Å². The third-order valence-electron chi connectivity index (χ3n) is 4.18. The summed E-state index contributed by atoms with van der Waals surface area (Å²) in [4.78, 5) is 23.6. The first-order valence-corrected chi connectivity index (χ1v) is 9.41. The van der Waals surface area contributed by atoms with E-state index in [4.69, 9.17) is 4.74 Å². The first-order valence-electron chi connectivity index (χ1n) is 9.41. The molecule has 148 valence electrons. The van der Waals surface area contributed by atoms with Gasteiger partial charge in [0.15, 0.2) is 6.61 Å². The van der Waals surface area contributed by atoms with E-state index >= 15 is 0 Å². The monoisotopic (exact) mass is 389 g/mol. The molecule has 1 amide bonds. The fourth-order valence-electron chi connectivity index (χ4n) is 2.71. The molecule has 0 fully saturated rings. The Balaban J connectivity index is 1.36. The van der Waals surface area contributed by atoms with Gasteiger partial charge in [-0.1, -0.05) is 60.7 Å². The van der Waals surface area contributed by atoms with Gasteiger partial charge in [-0.3, -0.25) is 9.48 Å². The number of carbonyl (C=O) groups excluding carboxylic acids is 2. The van der Waals surface area contributed by atoms with Crippen LogP contribution >= 0.6 is 0 Å². The summed E-state index contributed by atoms with van der Waals surface area (Å²) in [7, 11) is 0. The zero-order valence-electron chi connectivity index (χ0n) is 16.0. The molecule has 3 rings (SSSR count). The van der Waals surface area contributed by atoms with E-state index in [9.17, 15) is 9.59 Å². The molecule has 0 saturated heterocycles. The average molecular weight is 389 g/mol. The van der Waals surface area contributed by atoms with Crippen LogP contribution in [0, 0.1) is 0 Å². The molecule has 0 saturated carbocycles. The molecule has 1 aromatic heterocycles. The summed E-state index contributed by atoms with van der Waals surface area (Å²) in [6.45, 7) is 0.852. The molecule has 1 heterocycles. The van der Waals surface area contributed by atoms with Gasteiger partial charge >= 0.3 is 5.97 Å². The molecule has 6 heteroatoms. The van der Waals surface area contributed by atoms with Crippen LogP contribution in [0.15, 0.2) is 79.1 Å². The lowest BCUT2D eigenvalue weighted by molar-refractivity contribution is -0.143. The lowest BCUT2D eigenvalue weighted by Crippen LogP contribution is -2.30. The van der Waals surface area contributed by atoms with Crippen LogP contribution in [0.3, 0.4) is 0 Å². The molecule has 1 N–H and O–H groups in total. The van der Waals surface area contributed by atoms with Gasteiger partial charge in [-0.05, 0) is 23.6 Å². The van der Waals surface area contributed by atoms with E-state index in [1.54, 1.807) is 17.0 Å². The van der Waals surface area contributed by atoms with Crippen molar-refractivity contribution < 1.29 is 14.3 Å². The Morgan fingerprint density at radius 2 is 1.69 bits per heavy atom. The van der Waals surface area contributed by atoms with Crippen LogP contribution < -0.4 is 5.32 Å². The van der Waals surface area contributed by atoms with E-state index < -0.39 is 5.97 Å². The van der Waals surface area contributed by atoms with E-state index in [1.165, 1.54) is 6.08 Å². The summed E-state index contributed by atoms with van der Waals surface area (Å²) in [5.74, 6) is -0.891. The maximum absolute atomic E-state index is 11.8. The summed E-state index contributed by atoms with van der Waals surface area (Å²) < 4.78 is 6.76. The Morgan fingerprint density at radius 1 is 1.00 bits per heavy atom. The van der Waals surface area contributed by atoms with Crippen molar-refractivity contribution in [2.24, 2.45) is 0 Å². The van der Waals surface area contributed by atoms with E-state index in [0.29, 0.717) is 13.1 Å². The average Bonchev–Trinajstić information content (AvgIpc) is 3.19. The Bertz CT molecular complexity index is 950. The predicted molar refractivity (Wildman–Crippen MR) is 111 cm³/mol. The number of hydrogen-bond donors (Lipinski definition) is 1. The highest BCUT2D eigenvalue weighted by Gasteiger charge is 2.05. The van der Waals surface area contributed by atoms with Crippen molar-refractivity contribution in [2.75, 3.05) is 13.2 Å². The Kier molecular flexibility index (Phi) is 7.34.